The van der Waals surface area contributed by atoms with Gasteiger partial charge in [0, 0.05) is 57.7 Å². The molecule has 0 unspecified atom stereocenters. The first kappa shape index (κ1) is 33.3. The number of aryl methyl sites for hydroxylation is 1. The minimum Gasteiger partial charge on any atom is -0.339 e. The molecule has 3 heterocycles. The van der Waals surface area contributed by atoms with Gasteiger partial charge in [-0.05, 0) is 68.0 Å². The molecule has 2 aliphatic rings. The number of carbonyl (C=O) groups is 4. The van der Waals surface area contributed by atoms with Gasteiger partial charge in [0.2, 0.25) is 11.8 Å². The van der Waals surface area contributed by atoms with Crippen LogP contribution in [-0.2, 0) is 22.6 Å². The molecule has 2 atom stereocenters. The highest BCUT2D eigenvalue weighted by molar-refractivity contribution is 7.07. The Morgan fingerprint density at radius 3 is 2.50 bits per heavy atom. The average Bonchev–Trinajstić information content (AvgIpc) is 3.78. The number of amides is 3. The lowest BCUT2D eigenvalue weighted by atomic mass is 9.77. The van der Waals surface area contributed by atoms with E-state index in [1.165, 1.54) is 18.3 Å². The first-order valence-corrected chi connectivity index (χ1v) is 16.7. The van der Waals surface area contributed by atoms with Crippen LogP contribution in [0.4, 0.5) is 10.1 Å². The van der Waals surface area contributed by atoms with Gasteiger partial charge >= 0.3 is 0 Å². The Morgan fingerprint density at radius 1 is 1.07 bits per heavy atom. The summed E-state index contributed by atoms with van der Waals surface area (Å²) in [6.07, 6.45) is 7.74. The topological polar surface area (TPSA) is 142 Å². The van der Waals surface area contributed by atoms with Crippen molar-refractivity contribution in [1.82, 2.24) is 34.5 Å². The van der Waals surface area contributed by atoms with Crippen molar-refractivity contribution in [1.29, 1.82) is 0 Å². The molecule has 0 bridgehead atoms. The fourth-order valence-electron chi connectivity index (χ4n) is 6.33. The van der Waals surface area contributed by atoms with E-state index in [2.05, 4.69) is 30.2 Å². The van der Waals surface area contributed by atoms with Gasteiger partial charge < -0.3 is 20.4 Å². The number of rotatable bonds is 12. The van der Waals surface area contributed by atoms with Crippen molar-refractivity contribution < 1.29 is 23.6 Å². The SMILES string of the molecule is CCn1nccc1C(=O)C[C@H](C(=O)Nc1ccc(C[C@@H](NC(=O)c2cnns2)C(=O)N2CCN(C)CC2)cc1F)C1CCCCC1. The van der Waals surface area contributed by atoms with E-state index in [9.17, 15) is 19.2 Å². The first-order valence-electron chi connectivity index (χ1n) is 15.9. The van der Waals surface area contributed by atoms with Crippen LogP contribution >= 0.6 is 11.5 Å². The van der Waals surface area contributed by atoms with Gasteiger partial charge in [0.25, 0.3) is 5.91 Å². The molecule has 2 N–H and O–H groups in total. The van der Waals surface area contributed by atoms with E-state index in [1.807, 2.05) is 14.0 Å². The number of nitrogens with zero attached hydrogens (tertiary/aromatic N) is 6. The molecular formula is C32H41FN8O4S. The summed E-state index contributed by atoms with van der Waals surface area (Å²) >= 11 is 0.923. The number of ketones is 1. The second-order valence-corrected chi connectivity index (χ2v) is 12.9. The lowest BCUT2D eigenvalue weighted by Crippen LogP contribution is -2.54. The molecule has 1 aliphatic carbocycles. The van der Waals surface area contributed by atoms with Crippen LogP contribution in [0.25, 0.3) is 0 Å². The van der Waals surface area contributed by atoms with Gasteiger partial charge in [0.15, 0.2) is 5.78 Å². The smallest absolute Gasteiger partial charge is 0.265 e. The molecule has 1 saturated carbocycles. The van der Waals surface area contributed by atoms with Gasteiger partial charge in [0.05, 0.1) is 11.9 Å². The number of hydrogen-bond donors (Lipinski definition) is 2. The van der Waals surface area contributed by atoms with Crippen LogP contribution in [0.15, 0.2) is 36.7 Å². The van der Waals surface area contributed by atoms with Crippen molar-refractivity contribution >= 4 is 40.7 Å². The highest BCUT2D eigenvalue weighted by Gasteiger charge is 2.33. The molecule has 2 aromatic heterocycles. The van der Waals surface area contributed by atoms with E-state index in [0.717, 1.165) is 43.6 Å². The molecule has 3 aromatic rings. The molecule has 1 saturated heterocycles. The van der Waals surface area contributed by atoms with Crippen LogP contribution < -0.4 is 10.6 Å². The van der Waals surface area contributed by atoms with Crippen LogP contribution in [0.3, 0.4) is 0 Å². The van der Waals surface area contributed by atoms with E-state index in [-0.39, 0.29) is 46.9 Å². The number of aromatic nitrogens is 4. The van der Waals surface area contributed by atoms with Crippen molar-refractivity contribution in [3.63, 3.8) is 0 Å². The summed E-state index contributed by atoms with van der Waals surface area (Å²) in [6, 6.07) is 5.13. The molecule has 14 heteroatoms. The fourth-order valence-corrected chi connectivity index (χ4v) is 6.75. The van der Waals surface area contributed by atoms with Crippen LogP contribution in [0.2, 0.25) is 0 Å². The minimum atomic E-state index is -0.934. The Kier molecular flexibility index (Phi) is 11.2. The number of piperazine rings is 1. The van der Waals surface area contributed by atoms with Crippen LogP contribution in [-0.4, -0.2) is 91.9 Å². The molecule has 12 nitrogen and oxygen atoms in total. The summed E-state index contributed by atoms with van der Waals surface area (Å²) in [5.74, 6) is -2.51. The summed E-state index contributed by atoms with van der Waals surface area (Å²) in [6.45, 7) is 4.91. The summed E-state index contributed by atoms with van der Waals surface area (Å²) in [5.41, 5.74) is 0.950. The number of anilines is 1. The molecule has 0 radical (unpaired) electrons. The number of Topliss-reactive ketones (excluding diaryl/α,β-unsaturated/α-hetero) is 1. The van der Waals surface area contributed by atoms with E-state index in [1.54, 1.807) is 27.9 Å². The van der Waals surface area contributed by atoms with Gasteiger partial charge in [-0.15, -0.1) is 5.10 Å². The highest BCUT2D eigenvalue weighted by atomic mass is 32.1. The number of benzene rings is 1. The van der Waals surface area contributed by atoms with E-state index < -0.39 is 23.7 Å². The maximum Gasteiger partial charge on any atom is 0.265 e. The zero-order chi connectivity index (χ0) is 32.6. The van der Waals surface area contributed by atoms with Crippen molar-refractivity contribution in [2.24, 2.45) is 11.8 Å². The Morgan fingerprint density at radius 2 is 1.83 bits per heavy atom. The van der Waals surface area contributed by atoms with Crippen LogP contribution in [0.1, 0.15) is 71.2 Å². The molecule has 0 spiro atoms. The third-order valence-electron chi connectivity index (χ3n) is 9.00. The number of likely N-dealkylation sites (N-methyl/N-ethyl adjacent to an activating group) is 1. The molecule has 2 fully saturated rings. The maximum atomic E-state index is 15.5. The first-order chi connectivity index (χ1) is 22.2. The number of carbonyl (C=O) groups excluding carboxylic acids is 4. The second kappa shape index (κ2) is 15.5. The lowest BCUT2D eigenvalue weighted by molar-refractivity contribution is -0.134. The van der Waals surface area contributed by atoms with E-state index in [4.69, 9.17) is 0 Å². The number of nitrogens with one attached hydrogen (secondary N) is 2. The predicted octanol–water partition coefficient (Wildman–Crippen LogP) is 3.42. The zero-order valence-electron chi connectivity index (χ0n) is 26.3. The third-order valence-corrected chi connectivity index (χ3v) is 9.66. The molecule has 5 rings (SSSR count). The molecule has 3 amide bonds. The molecule has 1 aromatic carbocycles. The quantitative estimate of drug-likeness (QED) is 0.284. The molecular weight excluding hydrogens is 611 g/mol. The van der Waals surface area contributed by atoms with Crippen molar-refractivity contribution in [3.05, 3.63) is 58.6 Å². The van der Waals surface area contributed by atoms with Crippen molar-refractivity contribution in [3.8, 4) is 0 Å². The Labute approximate surface area is 271 Å². The van der Waals surface area contributed by atoms with Gasteiger partial charge in [0.1, 0.15) is 22.4 Å². The fraction of sp³-hybridized carbons (Fsp3) is 0.531. The summed E-state index contributed by atoms with van der Waals surface area (Å²) in [5, 5.41) is 13.4. The molecule has 246 valence electrons. The number of hydrogen-bond acceptors (Lipinski definition) is 9. The lowest BCUT2D eigenvalue weighted by Gasteiger charge is -2.34. The summed E-state index contributed by atoms with van der Waals surface area (Å²) in [4.78, 5) is 57.4. The maximum absolute atomic E-state index is 15.5. The van der Waals surface area contributed by atoms with Crippen molar-refractivity contribution in [2.45, 2.75) is 64.5 Å². The minimum absolute atomic E-state index is 0.00215. The van der Waals surface area contributed by atoms with Gasteiger partial charge in [-0.25, -0.2) is 4.39 Å². The van der Waals surface area contributed by atoms with Crippen LogP contribution in [0, 0.1) is 17.7 Å². The third kappa shape index (κ3) is 8.21. The zero-order valence-corrected chi connectivity index (χ0v) is 27.1. The average molecular weight is 653 g/mol. The standard InChI is InChI=1S/C32H41FN8O4S/c1-3-41-27(11-12-35-41)28(42)19-23(22-7-5-4-6-8-22)30(43)36-25-10-9-21(17-24(25)33)18-26(37-31(44)29-20-34-38-46-29)32(45)40-15-13-39(2)14-16-40/h9-12,17,20,22-23,26H,3-8,13-16,18-19H2,1-2H3,(H,36,43)(H,37,44)/t23-,26+/m0/s1. The van der Waals surface area contributed by atoms with E-state index >= 15 is 4.39 Å². The monoisotopic (exact) mass is 652 g/mol. The van der Waals surface area contributed by atoms with Crippen molar-refractivity contribution in [2.75, 3.05) is 38.5 Å². The Hall–Kier alpha value is -4.04. The second-order valence-electron chi connectivity index (χ2n) is 12.1. The summed E-state index contributed by atoms with van der Waals surface area (Å²) in [7, 11) is 1.98. The van der Waals surface area contributed by atoms with E-state index in [0.29, 0.717) is 44.0 Å². The highest BCUT2D eigenvalue weighted by Crippen LogP contribution is 2.34. The number of halogens is 1. The molecule has 46 heavy (non-hydrogen) atoms. The largest absolute Gasteiger partial charge is 0.339 e. The predicted molar refractivity (Wildman–Crippen MR) is 171 cm³/mol. The van der Waals surface area contributed by atoms with Gasteiger partial charge in [-0.3, -0.25) is 23.9 Å². The Balaban J connectivity index is 1.30. The van der Waals surface area contributed by atoms with Gasteiger partial charge in [-0.1, -0.05) is 29.8 Å². The van der Waals surface area contributed by atoms with Gasteiger partial charge in [-0.2, -0.15) is 5.10 Å². The Bertz CT molecular complexity index is 1520. The van der Waals surface area contributed by atoms with Crippen LogP contribution in [0.5, 0.6) is 0 Å². The normalized spacial score (nSPS) is 17.3. The molecule has 1 aliphatic heterocycles. The summed E-state index contributed by atoms with van der Waals surface area (Å²) < 4.78 is 20.9.